The third-order valence-corrected chi connectivity index (χ3v) is 3.75. The van der Waals surface area contributed by atoms with Gasteiger partial charge in [-0.25, -0.2) is 0 Å². The predicted octanol–water partition coefficient (Wildman–Crippen LogP) is 1.01. The van der Waals surface area contributed by atoms with E-state index < -0.39 is 0 Å². The number of nitrogens with one attached hydrogen (secondary N) is 1. The van der Waals surface area contributed by atoms with Gasteiger partial charge in [-0.1, -0.05) is 13.8 Å². The van der Waals surface area contributed by atoms with E-state index in [-0.39, 0.29) is 0 Å². The van der Waals surface area contributed by atoms with Crippen molar-refractivity contribution in [1.29, 1.82) is 0 Å². The summed E-state index contributed by atoms with van der Waals surface area (Å²) in [6.45, 7) is 5.97. The zero-order valence-corrected chi connectivity index (χ0v) is 11.1. The van der Waals surface area contributed by atoms with Crippen LogP contribution >= 0.6 is 0 Å². The number of ether oxygens (including phenoxy) is 1. The number of carbonyl (C=O) groups is 1. The first-order chi connectivity index (χ1) is 8.11. The Kier molecular flexibility index (Phi) is 4.05. The molecule has 0 aromatic rings. The van der Waals surface area contributed by atoms with Gasteiger partial charge in [0.05, 0.1) is 6.61 Å². The summed E-state index contributed by atoms with van der Waals surface area (Å²) in [6, 6.07) is 1.21. The number of methoxy groups -OCH3 is 1. The van der Waals surface area contributed by atoms with Crippen LogP contribution in [0.25, 0.3) is 0 Å². The van der Waals surface area contributed by atoms with Gasteiger partial charge >= 0.3 is 0 Å². The molecule has 1 aliphatic carbocycles. The van der Waals surface area contributed by atoms with Crippen LogP contribution in [0.2, 0.25) is 0 Å². The third kappa shape index (κ3) is 3.19. The van der Waals surface area contributed by atoms with Gasteiger partial charge < -0.3 is 15.0 Å². The van der Waals surface area contributed by atoms with Crippen LogP contribution in [0.15, 0.2) is 0 Å². The van der Waals surface area contributed by atoms with Gasteiger partial charge in [-0.3, -0.25) is 4.79 Å². The highest BCUT2D eigenvalue weighted by Crippen LogP contribution is 2.30. The van der Waals surface area contributed by atoms with E-state index in [1.165, 1.54) is 12.8 Å². The van der Waals surface area contributed by atoms with Crippen molar-refractivity contribution in [2.75, 3.05) is 20.3 Å². The molecule has 0 bridgehead atoms. The van der Waals surface area contributed by atoms with Gasteiger partial charge in [0.2, 0.25) is 5.91 Å². The van der Waals surface area contributed by atoms with E-state index in [2.05, 4.69) is 24.1 Å². The van der Waals surface area contributed by atoms with Crippen molar-refractivity contribution >= 4 is 5.91 Å². The molecule has 1 N–H and O–H groups in total. The first kappa shape index (κ1) is 12.8. The highest BCUT2D eigenvalue weighted by Gasteiger charge is 2.39. The van der Waals surface area contributed by atoms with E-state index in [9.17, 15) is 4.79 Å². The molecular weight excluding hydrogens is 216 g/mol. The van der Waals surface area contributed by atoms with E-state index in [0.29, 0.717) is 43.0 Å². The minimum atomic E-state index is 0.311. The van der Waals surface area contributed by atoms with Gasteiger partial charge in [-0.2, -0.15) is 0 Å². The first-order valence-corrected chi connectivity index (χ1v) is 6.66. The van der Waals surface area contributed by atoms with Crippen molar-refractivity contribution in [3.63, 3.8) is 0 Å². The molecule has 1 aliphatic heterocycles. The summed E-state index contributed by atoms with van der Waals surface area (Å²) in [6.07, 6.45) is 3.05. The Balaban J connectivity index is 1.84. The Hall–Kier alpha value is -0.610. The molecule has 2 unspecified atom stereocenters. The van der Waals surface area contributed by atoms with Crippen molar-refractivity contribution < 1.29 is 9.53 Å². The van der Waals surface area contributed by atoms with Gasteiger partial charge in [0.25, 0.3) is 0 Å². The zero-order chi connectivity index (χ0) is 12.4. The molecule has 2 aliphatic rings. The Morgan fingerprint density at radius 3 is 2.71 bits per heavy atom. The molecule has 1 saturated carbocycles. The number of likely N-dealkylation sites (tertiary alicyclic amines) is 1. The number of rotatable bonds is 6. The average Bonchev–Trinajstić information content (AvgIpc) is 3.03. The van der Waals surface area contributed by atoms with E-state index in [1.807, 2.05) is 0 Å². The molecule has 1 heterocycles. The van der Waals surface area contributed by atoms with Crippen LogP contribution in [-0.4, -0.2) is 49.2 Å². The molecule has 1 saturated heterocycles. The molecule has 4 heteroatoms. The summed E-state index contributed by atoms with van der Waals surface area (Å²) in [4.78, 5) is 13.9. The Morgan fingerprint density at radius 1 is 1.47 bits per heavy atom. The molecule has 2 fully saturated rings. The van der Waals surface area contributed by atoms with Crippen LogP contribution in [0, 0.1) is 5.92 Å². The third-order valence-electron chi connectivity index (χ3n) is 3.75. The molecular formula is C13H24N2O2. The molecule has 0 aromatic heterocycles. The van der Waals surface area contributed by atoms with Gasteiger partial charge in [0.15, 0.2) is 0 Å². The lowest BCUT2D eigenvalue weighted by Gasteiger charge is -2.25. The average molecular weight is 240 g/mol. The Labute approximate surface area is 104 Å². The number of hydrogen-bond acceptors (Lipinski definition) is 3. The summed E-state index contributed by atoms with van der Waals surface area (Å²) < 4.78 is 5.23. The minimum Gasteiger partial charge on any atom is -0.383 e. The van der Waals surface area contributed by atoms with Gasteiger partial charge in [0.1, 0.15) is 0 Å². The molecule has 1 amide bonds. The molecule has 0 radical (unpaired) electrons. The normalized spacial score (nSPS) is 26.9. The molecule has 4 nitrogen and oxygen atoms in total. The van der Waals surface area contributed by atoms with Crippen LogP contribution in [0.1, 0.15) is 33.1 Å². The lowest BCUT2D eigenvalue weighted by atomic mass is 10.0. The van der Waals surface area contributed by atoms with Crippen molar-refractivity contribution in [3.8, 4) is 0 Å². The Morgan fingerprint density at radius 2 is 2.18 bits per heavy atom. The summed E-state index contributed by atoms with van der Waals surface area (Å²) >= 11 is 0. The van der Waals surface area contributed by atoms with E-state index >= 15 is 0 Å². The summed E-state index contributed by atoms with van der Waals surface area (Å²) in [7, 11) is 1.73. The molecule has 2 atom stereocenters. The standard InChI is InChI=1S/C13H24N2O2/c1-9(2)12(8-17-3)14-10-6-13(16)15(7-10)11-4-5-11/h9-12,14H,4-8H2,1-3H3. The monoisotopic (exact) mass is 240 g/mol. The lowest BCUT2D eigenvalue weighted by molar-refractivity contribution is -0.128. The number of hydrogen-bond donors (Lipinski definition) is 1. The molecule has 98 valence electrons. The lowest BCUT2D eigenvalue weighted by Crippen LogP contribution is -2.45. The van der Waals surface area contributed by atoms with E-state index in [1.54, 1.807) is 7.11 Å². The highest BCUT2D eigenvalue weighted by atomic mass is 16.5. The maximum atomic E-state index is 11.8. The summed E-state index contributed by atoms with van der Waals surface area (Å²) in [5, 5.41) is 3.57. The SMILES string of the molecule is COCC(NC1CC(=O)N(C2CC2)C1)C(C)C. The van der Waals surface area contributed by atoms with Crippen LogP contribution < -0.4 is 5.32 Å². The molecule has 0 aromatic carbocycles. The van der Waals surface area contributed by atoms with E-state index in [4.69, 9.17) is 4.74 Å². The molecule has 17 heavy (non-hydrogen) atoms. The number of carbonyl (C=O) groups excluding carboxylic acids is 1. The van der Waals surface area contributed by atoms with Crippen LogP contribution in [0.3, 0.4) is 0 Å². The smallest absolute Gasteiger partial charge is 0.224 e. The van der Waals surface area contributed by atoms with Crippen molar-refractivity contribution in [3.05, 3.63) is 0 Å². The van der Waals surface area contributed by atoms with Crippen LogP contribution in [0.5, 0.6) is 0 Å². The fourth-order valence-corrected chi connectivity index (χ4v) is 2.50. The maximum Gasteiger partial charge on any atom is 0.224 e. The van der Waals surface area contributed by atoms with Gasteiger partial charge in [-0.15, -0.1) is 0 Å². The van der Waals surface area contributed by atoms with Crippen molar-refractivity contribution in [1.82, 2.24) is 10.2 Å². The second kappa shape index (κ2) is 5.36. The van der Waals surface area contributed by atoms with Crippen LogP contribution in [0.4, 0.5) is 0 Å². The minimum absolute atomic E-state index is 0.311. The van der Waals surface area contributed by atoms with Crippen LogP contribution in [-0.2, 0) is 9.53 Å². The maximum absolute atomic E-state index is 11.8. The number of amides is 1. The molecule has 0 spiro atoms. The summed E-state index contributed by atoms with van der Waals surface area (Å²) in [5.41, 5.74) is 0. The zero-order valence-electron chi connectivity index (χ0n) is 11.1. The predicted molar refractivity (Wildman–Crippen MR) is 66.8 cm³/mol. The second-order valence-corrected chi connectivity index (χ2v) is 5.65. The summed E-state index contributed by atoms with van der Waals surface area (Å²) in [5.74, 6) is 0.852. The van der Waals surface area contributed by atoms with Crippen molar-refractivity contribution in [2.24, 2.45) is 5.92 Å². The first-order valence-electron chi connectivity index (χ1n) is 6.66. The fourth-order valence-electron chi connectivity index (χ4n) is 2.50. The Bertz CT molecular complexity index is 277. The number of nitrogens with zero attached hydrogens (tertiary/aromatic N) is 1. The quantitative estimate of drug-likeness (QED) is 0.753. The van der Waals surface area contributed by atoms with Gasteiger partial charge in [-0.05, 0) is 18.8 Å². The fraction of sp³-hybridized carbons (Fsp3) is 0.923. The largest absolute Gasteiger partial charge is 0.383 e. The van der Waals surface area contributed by atoms with E-state index in [0.717, 1.165) is 6.54 Å². The van der Waals surface area contributed by atoms with Crippen molar-refractivity contribution in [2.45, 2.75) is 51.2 Å². The topological polar surface area (TPSA) is 41.6 Å². The second-order valence-electron chi connectivity index (χ2n) is 5.65. The van der Waals surface area contributed by atoms with Gasteiger partial charge in [0, 0.05) is 38.2 Å². The molecule has 2 rings (SSSR count). The highest BCUT2D eigenvalue weighted by molar-refractivity contribution is 5.80.